The van der Waals surface area contributed by atoms with Gasteiger partial charge in [-0.25, -0.2) is 4.98 Å². The van der Waals surface area contributed by atoms with Gasteiger partial charge in [-0.3, -0.25) is 19.3 Å². The summed E-state index contributed by atoms with van der Waals surface area (Å²) in [5, 5.41) is 0.642. The molecule has 0 bridgehead atoms. The first-order valence-corrected chi connectivity index (χ1v) is 11.0. The van der Waals surface area contributed by atoms with Gasteiger partial charge in [-0.05, 0) is 45.0 Å². The number of esters is 1. The van der Waals surface area contributed by atoms with Crippen LogP contribution in [0.4, 0.5) is 0 Å². The molecule has 4 rings (SSSR count). The summed E-state index contributed by atoms with van der Waals surface area (Å²) in [6.45, 7) is 5.78. The fraction of sp³-hybridized carbons (Fsp3) is 0.304. The van der Waals surface area contributed by atoms with E-state index in [9.17, 15) is 14.4 Å². The molecule has 0 N–H and O–H groups in total. The molecule has 0 atom stereocenters. The molecule has 0 radical (unpaired) electrons. The molecule has 7 nitrogen and oxygen atoms in total. The predicted octanol–water partition coefficient (Wildman–Crippen LogP) is 3.77. The SMILES string of the molecule is CC(C)(C)OC(=O)Cn1c(SCCN2C(=O)c3ccccc3C2=O)nc2ccccc21. The summed E-state index contributed by atoms with van der Waals surface area (Å²) in [4.78, 5) is 43.4. The average Bonchev–Trinajstić information content (AvgIpc) is 3.17. The predicted molar refractivity (Wildman–Crippen MR) is 118 cm³/mol. The molecule has 0 spiro atoms. The number of imidazole rings is 1. The number of hydrogen-bond acceptors (Lipinski definition) is 6. The van der Waals surface area contributed by atoms with Crippen molar-refractivity contribution in [3.8, 4) is 0 Å². The monoisotopic (exact) mass is 437 g/mol. The quantitative estimate of drug-likeness (QED) is 0.332. The highest BCUT2D eigenvalue weighted by Gasteiger charge is 2.34. The lowest BCUT2D eigenvalue weighted by molar-refractivity contribution is -0.155. The van der Waals surface area contributed by atoms with Crippen LogP contribution in [0.25, 0.3) is 11.0 Å². The molecule has 31 heavy (non-hydrogen) atoms. The first-order chi connectivity index (χ1) is 14.7. The van der Waals surface area contributed by atoms with E-state index < -0.39 is 5.60 Å². The summed E-state index contributed by atoms with van der Waals surface area (Å²) in [6, 6.07) is 14.4. The van der Waals surface area contributed by atoms with Crippen LogP contribution in [0.1, 0.15) is 41.5 Å². The Morgan fingerprint density at radius 2 is 1.61 bits per heavy atom. The first kappa shape index (κ1) is 21.1. The van der Waals surface area contributed by atoms with Crippen molar-refractivity contribution < 1.29 is 19.1 Å². The van der Waals surface area contributed by atoms with E-state index >= 15 is 0 Å². The smallest absolute Gasteiger partial charge is 0.326 e. The zero-order valence-corrected chi connectivity index (χ0v) is 18.4. The normalized spacial score (nSPS) is 13.7. The van der Waals surface area contributed by atoms with Crippen molar-refractivity contribution in [2.45, 2.75) is 38.1 Å². The maximum atomic E-state index is 12.5. The lowest BCUT2D eigenvalue weighted by Crippen LogP contribution is -2.32. The van der Waals surface area contributed by atoms with Gasteiger partial charge in [0.25, 0.3) is 11.8 Å². The molecule has 0 unspecified atom stereocenters. The van der Waals surface area contributed by atoms with Gasteiger partial charge in [0.15, 0.2) is 5.16 Å². The number of hydrogen-bond donors (Lipinski definition) is 0. The average molecular weight is 438 g/mol. The molecule has 1 aliphatic heterocycles. The Morgan fingerprint density at radius 3 is 2.26 bits per heavy atom. The molecule has 8 heteroatoms. The van der Waals surface area contributed by atoms with Crippen molar-refractivity contribution in [1.29, 1.82) is 0 Å². The number of carbonyl (C=O) groups excluding carboxylic acids is 3. The molecular weight excluding hydrogens is 414 g/mol. The van der Waals surface area contributed by atoms with Crippen LogP contribution < -0.4 is 0 Å². The van der Waals surface area contributed by atoms with E-state index in [-0.39, 0.29) is 30.9 Å². The van der Waals surface area contributed by atoms with Crippen LogP contribution in [0.15, 0.2) is 53.7 Å². The summed E-state index contributed by atoms with van der Waals surface area (Å²) in [5.74, 6) is -0.437. The van der Waals surface area contributed by atoms with Crippen molar-refractivity contribution in [3.05, 3.63) is 59.7 Å². The Kier molecular flexibility index (Phi) is 5.58. The molecule has 1 aliphatic rings. The molecule has 2 heterocycles. The van der Waals surface area contributed by atoms with Crippen LogP contribution >= 0.6 is 11.8 Å². The number of thioether (sulfide) groups is 1. The number of para-hydroxylation sites is 2. The number of ether oxygens (including phenoxy) is 1. The van der Waals surface area contributed by atoms with Crippen LogP contribution in [0, 0.1) is 0 Å². The van der Waals surface area contributed by atoms with E-state index in [1.54, 1.807) is 24.3 Å². The van der Waals surface area contributed by atoms with Crippen LogP contribution in [0.2, 0.25) is 0 Å². The van der Waals surface area contributed by atoms with Gasteiger partial charge in [-0.15, -0.1) is 0 Å². The van der Waals surface area contributed by atoms with Gasteiger partial charge in [0.2, 0.25) is 0 Å². The molecule has 1 aromatic heterocycles. The van der Waals surface area contributed by atoms with E-state index in [1.807, 2.05) is 49.6 Å². The van der Waals surface area contributed by atoms with Gasteiger partial charge >= 0.3 is 5.97 Å². The van der Waals surface area contributed by atoms with E-state index in [1.165, 1.54) is 16.7 Å². The summed E-state index contributed by atoms with van der Waals surface area (Å²) >= 11 is 1.40. The van der Waals surface area contributed by atoms with Gasteiger partial charge in [-0.2, -0.15) is 0 Å². The van der Waals surface area contributed by atoms with Crippen LogP contribution in [0.3, 0.4) is 0 Å². The maximum Gasteiger partial charge on any atom is 0.326 e. The molecule has 160 valence electrons. The molecule has 0 saturated heterocycles. The number of aromatic nitrogens is 2. The minimum Gasteiger partial charge on any atom is -0.459 e. The van der Waals surface area contributed by atoms with Crippen LogP contribution in [0.5, 0.6) is 0 Å². The minimum atomic E-state index is -0.577. The minimum absolute atomic E-state index is 0.0349. The highest BCUT2D eigenvalue weighted by Crippen LogP contribution is 2.27. The number of fused-ring (bicyclic) bond motifs is 2. The Morgan fingerprint density at radius 1 is 1.00 bits per heavy atom. The zero-order valence-electron chi connectivity index (χ0n) is 17.6. The summed E-state index contributed by atoms with van der Waals surface area (Å²) in [7, 11) is 0. The fourth-order valence-electron chi connectivity index (χ4n) is 3.49. The largest absolute Gasteiger partial charge is 0.459 e. The molecule has 0 aliphatic carbocycles. The zero-order chi connectivity index (χ0) is 22.2. The molecule has 0 saturated carbocycles. The molecule has 2 amide bonds. The number of amides is 2. The number of carbonyl (C=O) groups is 3. The van der Waals surface area contributed by atoms with Gasteiger partial charge in [0.1, 0.15) is 12.1 Å². The fourth-order valence-corrected chi connectivity index (χ4v) is 4.43. The Labute approximate surface area is 184 Å². The van der Waals surface area contributed by atoms with Crippen molar-refractivity contribution in [2.75, 3.05) is 12.3 Å². The first-order valence-electron chi connectivity index (χ1n) is 10.00. The van der Waals surface area contributed by atoms with Gasteiger partial charge in [0.05, 0.1) is 22.2 Å². The van der Waals surface area contributed by atoms with Gasteiger partial charge in [-0.1, -0.05) is 36.0 Å². The number of rotatable bonds is 6. The van der Waals surface area contributed by atoms with Gasteiger partial charge < -0.3 is 9.30 Å². The third-order valence-electron chi connectivity index (χ3n) is 4.75. The van der Waals surface area contributed by atoms with Crippen LogP contribution in [-0.2, 0) is 16.1 Å². The molecular formula is C23H23N3O4S. The summed E-state index contributed by atoms with van der Waals surface area (Å²) in [5.41, 5.74) is 1.90. The second kappa shape index (κ2) is 8.19. The second-order valence-electron chi connectivity index (χ2n) is 8.21. The van der Waals surface area contributed by atoms with Crippen molar-refractivity contribution >= 4 is 40.6 Å². The highest BCUT2D eigenvalue weighted by atomic mass is 32.2. The Bertz CT molecular complexity index is 1140. The highest BCUT2D eigenvalue weighted by molar-refractivity contribution is 7.99. The standard InChI is InChI=1S/C23H23N3O4S/c1-23(2,3)30-19(27)14-26-18-11-7-6-10-17(18)24-22(26)31-13-12-25-20(28)15-8-4-5-9-16(15)21(25)29/h4-11H,12-14H2,1-3H3. The number of benzene rings is 2. The molecule has 2 aromatic carbocycles. The Balaban J connectivity index is 1.49. The second-order valence-corrected chi connectivity index (χ2v) is 9.27. The maximum absolute atomic E-state index is 12.5. The molecule has 3 aromatic rings. The van der Waals surface area contributed by atoms with E-state index in [4.69, 9.17) is 4.74 Å². The Hall–Kier alpha value is -3.13. The van der Waals surface area contributed by atoms with Crippen molar-refractivity contribution in [3.63, 3.8) is 0 Å². The summed E-state index contributed by atoms with van der Waals surface area (Å²) in [6.07, 6.45) is 0. The summed E-state index contributed by atoms with van der Waals surface area (Å²) < 4.78 is 7.29. The lowest BCUT2D eigenvalue weighted by Gasteiger charge is -2.20. The van der Waals surface area contributed by atoms with Gasteiger partial charge in [0, 0.05) is 12.3 Å². The third kappa shape index (κ3) is 4.34. The number of imide groups is 1. The third-order valence-corrected chi connectivity index (χ3v) is 5.71. The molecule has 0 fully saturated rings. The van der Waals surface area contributed by atoms with Crippen molar-refractivity contribution in [1.82, 2.24) is 14.5 Å². The van der Waals surface area contributed by atoms with E-state index in [2.05, 4.69) is 4.98 Å². The van der Waals surface area contributed by atoms with E-state index in [0.717, 1.165) is 11.0 Å². The lowest BCUT2D eigenvalue weighted by atomic mass is 10.1. The van der Waals surface area contributed by atoms with E-state index in [0.29, 0.717) is 22.0 Å². The van der Waals surface area contributed by atoms with Crippen LogP contribution in [-0.4, -0.2) is 50.1 Å². The topological polar surface area (TPSA) is 81.5 Å². The number of nitrogens with zero attached hydrogens (tertiary/aromatic N) is 3. The van der Waals surface area contributed by atoms with Crippen molar-refractivity contribution in [2.24, 2.45) is 0 Å².